The molecule has 0 aliphatic carbocycles. The molecule has 0 unspecified atom stereocenters. The topological polar surface area (TPSA) is 86.2 Å². The number of nitrogens with one attached hydrogen (secondary N) is 1. The van der Waals surface area contributed by atoms with E-state index in [1.807, 2.05) is 24.3 Å². The summed E-state index contributed by atoms with van der Waals surface area (Å²) in [5, 5.41) is 11.9. The number of rotatable bonds is 7. The van der Waals surface area contributed by atoms with Gasteiger partial charge in [0.15, 0.2) is 0 Å². The van der Waals surface area contributed by atoms with Crippen LogP contribution in [-0.4, -0.2) is 41.1 Å². The third kappa shape index (κ3) is 4.95. The average Bonchev–Trinajstić information content (AvgIpc) is 2.73. The van der Waals surface area contributed by atoms with Crippen LogP contribution in [0.4, 0.5) is 5.69 Å². The SMILES string of the molecule is COc1ccc(NC(=O)CSc2ccc(-c3ccncc3)nn2)c(OC)c1. The summed E-state index contributed by atoms with van der Waals surface area (Å²) < 4.78 is 10.4. The highest BCUT2D eigenvalue weighted by atomic mass is 32.2. The van der Waals surface area contributed by atoms with Gasteiger partial charge in [-0.15, -0.1) is 10.2 Å². The lowest BCUT2D eigenvalue weighted by Crippen LogP contribution is -2.14. The molecule has 1 aromatic carbocycles. The van der Waals surface area contributed by atoms with Gasteiger partial charge in [-0.1, -0.05) is 11.8 Å². The molecular weight excluding hydrogens is 364 g/mol. The molecule has 27 heavy (non-hydrogen) atoms. The summed E-state index contributed by atoms with van der Waals surface area (Å²) >= 11 is 1.31. The second-order valence-electron chi connectivity index (χ2n) is 5.40. The molecule has 0 saturated heterocycles. The largest absolute Gasteiger partial charge is 0.497 e. The van der Waals surface area contributed by atoms with E-state index in [0.717, 1.165) is 11.3 Å². The first-order chi connectivity index (χ1) is 13.2. The van der Waals surface area contributed by atoms with Gasteiger partial charge in [-0.2, -0.15) is 0 Å². The minimum absolute atomic E-state index is 0.163. The van der Waals surface area contributed by atoms with Gasteiger partial charge in [0.05, 0.1) is 31.4 Å². The normalized spacial score (nSPS) is 10.3. The van der Waals surface area contributed by atoms with Gasteiger partial charge in [0.25, 0.3) is 0 Å². The van der Waals surface area contributed by atoms with Crippen LogP contribution in [0.25, 0.3) is 11.3 Å². The Morgan fingerprint density at radius 3 is 2.52 bits per heavy atom. The number of pyridine rings is 1. The van der Waals surface area contributed by atoms with Gasteiger partial charge >= 0.3 is 0 Å². The zero-order valence-corrected chi connectivity index (χ0v) is 15.7. The molecule has 3 aromatic rings. The molecule has 1 amide bonds. The highest BCUT2D eigenvalue weighted by Gasteiger charge is 2.10. The van der Waals surface area contributed by atoms with Crippen molar-refractivity contribution in [2.24, 2.45) is 0 Å². The van der Waals surface area contributed by atoms with E-state index < -0.39 is 0 Å². The summed E-state index contributed by atoms with van der Waals surface area (Å²) in [5.74, 6) is 1.24. The summed E-state index contributed by atoms with van der Waals surface area (Å²) in [7, 11) is 3.11. The Morgan fingerprint density at radius 1 is 1.04 bits per heavy atom. The number of benzene rings is 1. The minimum Gasteiger partial charge on any atom is -0.497 e. The molecule has 0 fully saturated rings. The molecule has 2 heterocycles. The van der Waals surface area contributed by atoms with Crippen molar-refractivity contribution in [3.63, 3.8) is 0 Å². The van der Waals surface area contributed by atoms with E-state index in [0.29, 0.717) is 22.2 Å². The third-order valence-corrected chi connectivity index (χ3v) is 4.57. The molecule has 0 spiro atoms. The molecule has 0 atom stereocenters. The Bertz CT molecular complexity index is 905. The van der Waals surface area contributed by atoms with Gasteiger partial charge in [-0.05, 0) is 36.4 Å². The van der Waals surface area contributed by atoms with Gasteiger partial charge < -0.3 is 14.8 Å². The van der Waals surface area contributed by atoms with E-state index in [2.05, 4.69) is 20.5 Å². The lowest BCUT2D eigenvalue weighted by molar-refractivity contribution is -0.113. The number of amides is 1. The van der Waals surface area contributed by atoms with Crippen molar-refractivity contribution in [2.75, 3.05) is 25.3 Å². The molecule has 0 saturated carbocycles. The van der Waals surface area contributed by atoms with Crippen LogP contribution in [0.15, 0.2) is 59.9 Å². The number of methoxy groups -OCH3 is 2. The maximum absolute atomic E-state index is 12.2. The van der Waals surface area contributed by atoms with Gasteiger partial charge in [0.1, 0.15) is 16.5 Å². The zero-order chi connectivity index (χ0) is 19.1. The Morgan fingerprint density at radius 2 is 1.85 bits per heavy atom. The average molecular weight is 382 g/mol. The first-order valence-electron chi connectivity index (χ1n) is 8.08. The van der Waals surface area contributed by atoms with Crippen LogP contribution in [0.2, 0.25) is 0 Å². The van der Waals surface area contributed by atoms with Crippen molar-refractivity contribution in [2.45, 2.75) is 5.03 Å². The molecule has 3 rings (SSSR count). The molecule has 138 valence electrons. The van der Waals surface area contributed by atoms with Gasteiger partial charge in [-0.25, -0.2) is 0 Å². The van der Waals surface area contributed by atoms with Crippen molar-refractivity contribution in [1.29, 1.82) is 0 Å². The summed E-state index contributed by atoms with van der Waals surface area (Å²) in [4.78, 5) is 16.2. The monoisotopic (exact) mass is 382 g/mol. The van der Waals surface area contributed by atoms with Crippen molar-refractivity contribution in [3.05, 3.63) is 54.9 Å². The fourth-order valence-corrected chi connectivity index (χ4v) is 2.92. The number of hydrogen-bond acceptors (Lipinski definition) is 7. The standard InChI is InChI=1S/C19H18N4O3S/c1-25-14-3-4-16(17(11-14)26-2)21-18(24)12-27-19-6-5-15(22-23-19)13-7-9-20-10-8-13/h3-11H,12H2,1-2H3,(H,21,24). The number of ether oxygens (including phenoxy) is 2. The number of nitrogens with zero attached hydrogens (tertiary/aromatic N) is 3. The van der Waals surface area contributed by atoms with E-state index in [1.165, 1.54) is 11.8 Å². The number of carbonyl (C=O) groups is 1. The number of carbonyl (C=O) groups excluding carboxylic acids is 1. The van der Waals surface area contributed by atoms with Crippen LogP contribution in [0, 0.1) is 0 Å². The van der Waals surface area contributed by atoms with Crippen LogP contribution in [0.3, 0.4) is 0 Å². The van der Waals surface area contributed by atoms with Crippen LogP contribution in [0.5, 0.6) is 11.5 Å². The predicted molar refractivity (Wildman–Crippen MR) is 104 cm³/mol. The van der Waals surface area contributed by atoms with Crippen LogP contribution >= 0.6 is 11.8 Å². The van der Waals surface area contributed by atoms with E-state index in [1.54, 1.807) is 44.8 Å². The lowest BCUT2D eigenvalue weighted by atomic mass is 10.2. The van der Waals surface area contributed by atoms with Crippen molar-refractivity contribution in [1.82, 2.24) is 15.2 Å². The van der Waals surface area contributed by atoms with E-state index in [4.69, 9.17) is 9.47 Å². The van der Waals surface area contributed by atoms with E-state index in [9.17, 15) is 4.79 Å². The smallest absolute Gasteiger partial charge is 0.234 e. The third-order valence-electron chi connectivity index (χ3n) is 3.65. The van der Waals surface area contributed by atoms with Crippen molar-refractivity contribution in [3.8, 4) is 22.8 Å². The number of thioether (sulfide) groups is 1. The summed E-state index contributed by atoms with van der Waals surface area (Å²) in [6, 6.07) is 12.7. The number of aromatic nitrogens is 3. The molecule has 7 nitrogen and oxygen atoms in total. The maximum atomic E-state index is 12.2. The number of hydrogen-bond donors (Lipinski definition) is 1. The quantitative estimate of drug-likeness (QED) is 0.628. The Balaban J connectivity index is 1.58. The molecule has 0 aliphatic heterocycles. The van der Waals surface area contributed by atoms with Gasteiger partial charge in [0, 0.05) is 24.0 Å². The molecular formula is C19H18N4O3S. The number of anilines is 1. The molecule has 1 N–H and O–H groups in total. The lowest BCUT2D eigenvalue weighted by Gasteiger charge is -2.11. The molecule has 8 heteroatoms. The van der Waals surface area contributed by atoms with Gasteiger partial charge in [0.2, 0.25) is 5.91 Å². The van der Waals surface area contributed by atoms with Gasteiger partial charge in [-0.3, -0.25) is 9.78 Å². The second kappa shape index (κ2) is 9.00. The molecule has 0 radical (unpaired) electrons. The Labute approximate surface area is 161 Å². The first-order valence-corrected chi connectivity index (χ1v) is 9.07. The molecule has 0 bridgehead atoms. The van der Waals surface area contributed by atoms with E-state index >= 15 is 0 Å². The Hall–Kier alpha value is -3.13. The van der Waals surface area contributed by atoms with Crippen molar-refractivity contribution < 1.29 is 14.3 Å². The zero-order valence-electron chi connectivity index (χ0n) is 14.9. The van der Waals surface area contributed by atoms with Crippen molar-refractivity contribution >= 4 is 23.4 Å². The Kier molecular flexibility index (Phi) is 6.22. The summed E-state index contributed by atoms with van der Waals surface area (Å²) in [6.07, 6.45) is 3.41. The second-order valence-corrected chi connectivity index (χ2v) is 6.39. The summed E-state index contributed by atoms with van der Waals surface area (Å²) in [6.45, 7) is 0. The maximum Gasteiger partial charge on any atom is 0.234 e. The highest BCUT2D eigenvalue weighted by molar-refractivity contribution is 7.99. The molecule has 2 aromatic heterocycles. The minimum atomic E-state index is -0.163. The molecule has 0 aliphatic rings. The fourth-order valence-electron chi connectivity index (χ4n) is 2.30. The highest BCUT2D eigenvalue weighted by Crippen LogP contribution is 2.29. The van der Waals surface area contributed by atoms with E-state index in [-0.39, 0.29) is 11.7 Å². The van der Waals surface area contributed by atoms with Crippen LogP contribution < -0.4 is 14.8 Å². The predicted octanol–water partition coefficient (Wildman–Crippen LogP) is 3.29. The summed E-state index contributed by atoms with van der Waals surface area (Å²) in [5.41, 5.74) is 2.29. The van der Waals surface area contributed by atoms with Crippen LogP contribution in [0.1, 0.15) is 0 Å². The fraction of sp³-hybridized carbons (Fsp3) is 0.158. The van der Waals surface area contributed by atoms with Crippen LogP contribution in [-0.2, 0) is 4.79 Å². The first kappa shape index (κ1) is 18.7.